The first-order valence-corrected chi connectivity index (χ1v) is 7.82. The van der Waals surface area contributed by atoms with Gasteiger partial charge >= 0.3 is 0 Å². The topological polar surface area (TPSA) is 62.6 Å². The minimum Gasteiger partial charge on any atom is -0.493 e. The van der Waals surface area contributed by atoms with Crippen molar-refractivity contribution in [2.45, 2.75) is 13.0 Å². The largest absolute Gasteiger partial charge is 0.493 e. The predicted octanol–water partition coefficient (Wildman–Crippen LogP) is 3.70. The van der Waals surface area contributed by atoms with Gasteiger partial charge in [0.2, 0.25) is 0 Å². The molecule has 1 unspecified atom stereocenters. The summed E-state index contributed by atoms with van der Waals surface area (Å²) in [6, 6.07) is 12.3. The summed E-state index contributed by atoms with van der Waals surface area (Å²) in [5, 5.41) is 9.69. The summed E-state index contributed by atoms with van der Waals surface area (Å²) in [7, 11) is 3.10. The van der Waals surface area contributed by atoms with Crippen molar-refractivity contribution < 1.29 is 14.3 Å². The van der Waals surface area contributed by atoms with E-state index in [0.29, 0.717) is 22.6 Å². The van der Waals surface area contributed by atoms with Gasteiger partial charge in [0.15, 0.2) is 11.5 Å². The molecular weight excluding hydrogens is 316 g/mol. The van der Waals surface area contributed by atoms with Crippen LogP contribution < -0.4 is 9.47 Å². The number of rotatable bonds is 3. The van der Waals surface area contributed by atoms with Crippen molar-refractivity contribution in [3.63, 3.8) is 0 Å². The van der Waals surface area contributed by atoms with Crippen LogP contribution in [0.2, 0.25) is 0 Å². The van der Waals surface area contributed by atoms with Gasteiger partial charge in [-0.05, 0) is 42.8 Å². The second-order valence-electron chi connectivity index (χ2n) is 5.76. The number of carbonyl (C=O) groups is 1. The van der Waals surface area contributed by atoms with E-state index >= 15 is 0 Å². The van der Waals surface area contributed by atoms with E-state index in [2.05, 4.69) is 6.07 Å². The third kappa shape index (κ3) is 2.94. The lowest BCUT2D eigenvalue weighted by molar-refractivity contribution is 0.0794. The zero-order valence-electron chi connectivity index (χ0n) is 14.3. The number of methoxy groups -OCH3 is 2. The summed E-state index contributed by atoms with van der Waals surface area (Å²) in [5.74, 6) is 0.892. The smallest absolute Gasteiger partial charge is 0.259 e. The van der Waals surface area contributed by atoms with Crippen LogP contribution in [-0.2, 0) is 0 Å². The van der Waals surface area contributed by atoms with Crippen molar-refractivity contribution in [3.05, 3.63) is 64.9 Å². The molecule has 0 aromatic heterocycles. The molecule has 0 radical (unpaired) electrons. The summed E-state index contributed by atoms with van der Waals surface area (Å²) in [6.45, 7) is 1.96. The Bertz CT molecular complexity index is 879. The predicted molar refractivity (Wildman–Crippen MR) is 94.3 cm³/mol. The Hall–Kier alpha value is -3.26. The van der Waals surface area contributed by atoms with Gasteiger partial charge in [0, 0.05) is 17.3 Å². The Labute approximate surface area is 146 Å². The SMILES string of the molecule is COc1cc2c(cc1OC)C(C#N)N(C(=O)c1ccc(C)cc1)C=C2. The van der Waals surface area contributed by atoms with E-state index in [1.165, 1.54) is 4.90 Å². The lowest BCUT2D eigenvalue weighted by Gasteiger charge is -2.29. The molecular formula is C20H18N2O3. The molecule has 2 aromatic carbocycles. The highest BCUT2D eigenvalue weighted by atomic mass is 16.5. The van der Waals surface area contributed by atoms with Crippen molar-refractivity contribution in [3.8, 4) is 17.6 Å². The Balaban J connectivity index is 2.02. The van der Waals surface area contributed by atoms with Crippen molar-refractivity contribution >= 4 is 12.0 Å². The number of nitrogens with zero attached hydrogens (tertiary/aromatic N) is 2. The van der Waals surface area contributed by atoms with Crippen LogP contribution in [-0.4, -0.2) is 25.0 Å². The molecule has 5 nitrogen and oxygen atoms in total. The second-order valence-corrected chi connectivity index (χ2v) is 5.76. The van der Waals surface area contributed by atoms with Crippen molar-refractivity contribution in [1.82, 2.24) is 4.90 Å². The number of benzene rings is 2. The molecule has 1 amide bonds. The molecule has 0 bridgehead atoms. The first kappa shape index (κ1) is 16.6. The first-order valence-electron chi connectivity index (χ1n) is 7.82. The fourth-order valence-corrected chi connectivity index (χ4v) is 2.85. The quantitative estimate of drug-likeness (QED) is 0.858. The third-order valence-electron chi connectivity index (χ3n) is 4.23. The summed E-state index contributed by atoms with van der Waals surface area (Å²) in [6.07, 6.45) is 3.45. The maximum Gasteiger partial charge on any atom is 0.259 e. The van der Waals surface area contributed by atoms with Crippen LogP contribution in [0.5, 0.6) is 11.5 Å². The highest BCUT2D eigenvalue weighted by Gasteiger charge is 2.30. The van der Waals surface area contributed by atoms with Gasteiger partial charge in [-0.2, -0.15) is 5.26 Å². The molecule has 0 N–H and O–H groups in total. The average Bonchev–Trinajstić information content (AvgIpc) is 2.65. The Morgan fingerprint density at radius 3 is 2.36 bits per heavy atom. The molecule has 0 saturated heterocycles. The molecule has 0 saturated carbocycles. The molecule has 1 aliphatic rings. The number of hydrogen-bond donors (Lipinski definition) is 0. The van der Waals surface area contributed by atoms with Gasteiger partial charge in [-0.25, -0.2) is 0 Å². The molecule has 0 spiro atoms. The minimum absolute atomic E-state index is 0.219. The van der Waals surface area contributed by atoms with Gasteiger partial charge in [0.1, 0.15) is 6.04 Å². The number of aryl methyl sites for hydroxylation is 1. The molecule has 0 aliphatic carbocycles. The summed E-state index contributed by atoms with van der Waals surface area (Å²) in [5.41, 5.74) is 3.16. The monoisotopic (exact) mass is 334 g/mol. The van der Waals surface area contributed by atoms with Crippen LogP contribution in [0.4, 0.5) is 0 Å². The second kappa shape index (κ2) is 6.70. The van der Waals surface area contributed by atoms with Gasteiger partial charge < -0.3 is 9.47 Å². The van der Waals surface area contributed by atoms with Crippen LogP contribution in [0.3, 0.4) is 0 Å². The fourth-order valence-electron chi connectivity index (χ4n) is 2.85. The molecule has 126 valence electrons. The standard InChI is InChI=1S/C20H18N2O3/c1-13-4-6-14(7-5-13)20(23)22-9-8-15-10-18(24-2)19(25-3)11-16(15)17(22)12-21/h4-11,17H,1-3H3. The van der Waals surface area contributed by atoms with Gasteiger partial charge in [-0.3, -0.25) is 9.69 Å². The maximum absolute atomic E-state index is 12.8. The van der Waals surface area contributed by atoms with Crippen LogP contribution in [0, 0.1) is 18.3 Å². The molecule has 0 fully saturated rings. The van der Waals surface area contributed by atoms with Gasteiger partial charge in [0.25, 0.3) is 5.91 Å². The van der Waals surface area contributed by atoms with E-state index in [1.54, 1.807) is 44.7 Å². The fraction of sp³-hybridized carbons (Fsp3) is 0.200. The van der Waals surface area contributed by atoms with Gasteiger partial charge in [0.05, 0.1) is 20.3 Å². The summed E-state index contributed by atoms with van der Waals surface area (Å²) < 4.78 is 10.6. The molecule has 3 rings (SSSR count). The highest BCUT2D eigenvalue weighted by Crippen LogP contribution is 2.38. The minimum atomic E-state index is -0.728. The zero-order valence-corrected chi connectivity index (χ0v) is 14.3. The Morgan fingerprint density at radius 2 is 1.76 bits per heavy atom. The number of carbonyl (C=O) groups excluding carboxylic acids is 1. The number of amides is 1. The van der Waals surface area contributed by atoms with E-state index < -0.39 is 6.04 Å². The normalized spacial score (nSPS) is 15.3. The third-order valence-corrected chi connectivity index (χ3v) is 4.23. The number of ether oxygens (including phenoxy) is 2. The van der Waals surface area contributed by atoms with Crippen LogP contribution >= 0.6 is 0 Å². The van der Waals surface area contributed by atoms with Gasteiger partial charge in [-0.1, -0.05) is 17.7 Å². The molecule has 1 aliphatic heterocycles. The molecule has 2 aromatic rings. The Morgan fingerprint density at radius 1 is 1.12 bits per heavy atom. The lowest BCUT2D eigenvalue weighted by Crippen LogP contribution is -2.31. The van der Waals surface area contributed by atoms with E-state index in [-0.39, 0.29) is 5.91 Å². The molecule has 25 heavy (non-hydrogen) atoms. The molecule has 5 heteroatoms. The molecule has 1 atom stereocenters. The maximum atomic E-state index is 12.8. The van der Waals surface area contributed by atoms with E-state index in [9.17, 15) is 10.1 Å². The van der Waals surface area contributed by atoms with Crippen molar-refractivity contribution in [1.29, 1.82) is 5.26 Å². The van der Waals surface area contributed by atoms with Crippen LogP contribution in [0.1, 0.15) is 33.1 Å². The van der Waals surface area contributed by atoms with E-state index in [4.69, 9.17) is 9.47 Å². The zero-order chi connectivity index (χ0) is 18.0. The average molecular weight is 334 g/mol. The summed E-state index contributed by atoms with van der Waals surface area (Å²) >= 11 is 0. The summed E-state index contributed by atoms with van der Waals surface area (Å²) in [4.78, 5) is 14.3. The number of hydrogen-bond acceptors (Lipinski definition) is 4. The van der Waals surface area contributed by atoms with E-state index in [1.807, 2.05) is 25.1 Å². The van der Waals surface area contributed by atoms with Crippen molar-refractivity contribution in [2.75, 3.05) is 14.2 Å². The van der Waals surface area contributed by atoms with Crippen LogP contribution in [0.15, 0.2) is 42.6 Å². The lowest BCUT2D eigenvalue weighted by atomic mass is 9.95. The number of fused-ring (bicyclic) bond motifs is 1. The molecule has 1 heterocycles. The number of nitriles is 1. The first-order chi connectivity index (χ1) is 12.1. The van der Waals surface area contributed by atoms with Crippen LogP contribution in [0.25, 0.3) is 6.08 Å². The van der Waals surface area contributed by atoms with Gasteiger partial charge in [-0.15, -0.1) is 0 Å². The van der Waals surface area contributed by atoms with E-state index in [0.717, 1.165) is 11.1 Å². The Kier molecular flexibility index (Phi) is 4.44. The van der Waals surface area contributed by atoms with Crippen molar-refractivity contribution in [2.24, 2.45) is 0 Å². The highest BCUT2D eigenvalue weighted by molar-refractivity contribution is 5.96.